The Kier molecular flexibility index (Phi) is 7.11. The number of ether oxygens (including phenoxy) is 2. The van der Waals surface area contributed by atoms with Crippen LogP contribution in [0.25, 0.3) is 0 Å². The third-order valence-electron chi connectivity index (χ3n) is 3.62. The maximum atomic E-state index is 13.0. The molecular formula is C19H21FN2O4. The molecule has 0 aliphatic heterocycles. The maximum absolute atomic E-state index is 13.0. The minimum absolute atomic E-state index is 0.0432. The van der Waals surface area contributed by atoms with E-state index in [-0.39, 0.29) is 19.2 Å². The van der Waals surface area contributed by atoms with Gasteiger partial charge in [-0.15, -0.1) is 0 Å². The second kappa shape index (κ2) is 9.53. The fourth-order valence-electron chi connectivity index (χ4n) is 2.30. The molecule has 0 radical (unpaired) electrons. The molecule has 1 amide bonds. The summed E-state index contributed by atoms with van der Waals surface area (Å²) in [6.07, 6.45) is -0.537. The number of anilines is 1. The standard InChI is InChI=1S/C19H21FN2O4/c1-14(15-8-10-17(20)11-9-15)21-26-12-16-6-4-5-7-18(16)22(13-24-2)19(23)25-3/h4-11H,12-13H2,1-3H3. The normalized spacial score (nSPS) is 11.2. The Bertz CT molecular complexity index is 762. The third kappa shape index (κ3) is 5.03. The first-order valence-corrected chi connectivity index (χ1v) is 7.91. The van der Waals surface area contributed by atoms with Crippen molar-refractivity contribution in [3.63, 3.8) is 0 Å². The highest BCUT2D eigenvalue weighted by Gasteiger charge is 2.19. The fourth-order valence-corrected chi connectivity index (χ4v) is 2.30. The van der Waals surface area contributed by atoms with Crippen LogP contribution < -0.4 is 4.90 Å². The molecule has 2 rings (SSSR count). The number of hydrogen-bond acceptors (Lipinski definition) is 5. The predicted octanol–water partition coefficient (Wildman–Crippen LogP) is 3.94. The van der Waals surface area contributed by atoms with Crippen molar-refractivity contribution in [2.75, 3.05) is 25.9 Å². The molecule has 0 unspecified atom stereocenters. The highest BCUT2D eigenvalue weighted by atomic mass is 19.1. The number of benzene rings is 2. The van der Waals surface area contributed by atoms with Crippen LogP contribution in [0.2, 0.25) is 0 Å². The zero-order valence-electron chi connectivity index (χ0n) is 14.9. The fraction of sp³-hybridized carbons (Fsp3) is 0.263. The van der Waals surface area contributed by atoms with Gasteiger partial charge in [-0.3, -0.25) is 4.90 Å². The van der Waals surface area contributed by atoms with Crippen LogP contribution in [0.4, 0.5) is 14.9 Å². The van der Waals surface area contributed by atoms with E-state index in [1.54, 1.807) is 31.2 Å². The Hall–Kier alpha value is -2.93. The lowest BCUT2D eigenvalue weighted by molar-refractivity contribution is 0.129. The highest BCUT2D eigenvalue weighted by molar-refractivity contribution is 5.98. The summed E-state index contributed by atoms with van der Waals surface area (Å²) >= 11 is 0. The molecule has 0 N–H and O–H groups in total. The van der Waals surface area contributed by atoms with Crippen molar-refractivity contribution in [2.24, 2.45) is 5.16 Å². The van der Waals surface area contributed by atoms with E-state index in [0.29, 0.717) is 11.4 Å². The van der Waals surface area contributed by atoms with Crippen LogP contribution in [-0.2, 0) is 20.9 Å². The van der Waals surface area contributed by atoms with Crippen LogP contribution >= 0.6 is 0 Å². The highest BCUT2D eigenvalue weighted by Crippen LogP contribution is 2.22. The third-order valence-corrected chi connectivity index (χ3v) is 3.62. The molecule has 0 aliphatic rings. The quantitative estimate of drug-likeness (QED) is 0.426. The van der Waals surface area contributed by atoms with Crippen molar-refractivity contribution >= 4 is 17.5 Å². The van der Waals surface area contributed by atoms with E-state index in [1.807, 2.05) is 12.1 Å². The van der Waals surface area contributed by atoms with E-state index in [0.717, 1.165) is 11.1 Å². The Morgan fingerprint density at radius 1 is 1.12 bits per heavy atom. The Morgan fingerprint density at radius 2 is 1.81 bits per heavy atom. The van der Waals surface area contributed by atoms with Crippen LogP contribution in [-0.4, -0.2) is 32.8 Å². The molecule has 0 atom stereocenters. The van der Waals surface area contributed by atoms with E-state index in [9.17, 15) is 9.18 Å². The summed E-state index contributed by atoms with van der Waals surface area (Å²) in [5.74, 6) is -0.308. The van der Waals surface area contributed by atoms with Crippen LogP contribution in [0.5, 0.6) is 0 Å². The van der Waals surface area contributed by atoms with Gasteiger partial charge in [-0.25, -0.2) is 9.18 Å². The zero-order valence-corrected chi connectivity index (χ0v) is 14.9. The van der Waals surface area contributed by atoms with Gasteiger partial charge < -0.3 is 14.3 Å². The van der Waals surface area contributed by atoms with Crippen LogP contribution in [0, 0.1) is 5.82 Å². The molecule has 0 aromatic heterocycles. The number of para-hydroxylation sites is 1. The molecule has 0 heterocycles. The number of nitrogens with zero attached hydrogens (tertiary/aromatic N) is 2. The van der Waals surface area contributed by atoms with Crippen LogP contribution in [0.3, 0.4) is 0 Å². The van der Waals surface area contributed by atoms with E-state index in [4.69, 9.17) is 14.3 Å². The number of carbonyl (C=O) groups excluding carboxylic acids is 1. The van der Waals surface area contributed by atoms with Gasteiger partial charge >= 0.3 is 6.09 Å². The number of amides is 1. The van der Waals surface area contributed by atoms with Crippen molar-refractivity contribution in [2.45, 2.75) is 13.5 Å². The molecule has 0 fully saturated rings. The Labute approximate surface area is 151 Å². The number of carbonyl (C=O) groups is 1. The lowest BCUT2D eigenvalue weighted by atomic mass is 10.1. The summed E-state index contributed by atoms with van der Waals surface area (Å²) < 4.78 is 22.8. The average Bonchev–Trinajstić information content (AvgIpc) is 2.66. The van der Waals surface area contributed by atoms with Gasteiger partial charge in [-0.2, -0.15) is 0 Å². The first-order valence-electron chi connectivity index (χ1n) is 7.91. The molecule has 0 aliphatic carbocycles. The molecule has 0 spiro atoms. The summed E-state index contributed by atoms with van der Waals surface area (Å²) in [6.45, 7) is 1.96. The minimum atomic E-state index is -0.537. The number of halogens is 1. The average molecular weight is 360 g/mol. The summed E-state index contributed by atoms with van der Waals surface area (Å²) in [5.41, 5.74) is 2.72. The molecule has 6 nitrogen and oxygen atoms in total. The lowest BCUT2D eigenvalue weighted by Gasteiger charge is -2.22. The molecular weight excluding hydrogens is 339 g/mol. The molecule has 0 saturated heterocycles. The molecule has 0 bridgehead atoms. The second-order valence-corrected chi connectivity index (χ2v) is 5.40. The van der Waals surface area contributed by atoms with Gasteiger partial charge in [0.25, 0.3) is 0 Å². The Balaban J connectivity index is 2.13. The van der Waals surface area contributed by atoms with Gasteiger partial charge in [0.15, 0.2) is 0 Å². The summed E-state index contributed by atoms with van der Waals surface area (Å²) in [5, 5.41) is 4.06. The van der Waals surface area contributed by atoms with E-state index in [2.05, 4.69) is 5.16 Å². The van der Waals surface area contributed by atoms with E-state index < -0.39 is 6.09 Å². The maximum Gasteiger partial charge on any atom is 0.415 e. The van der Waals surface area contributed by atoms with Crippen LogP contribution in [0.1, 0.15) is 18.1 Å². The first kappa shape index (κ1) is 19.4. The number of hydrogen-bond donors (Lipinski definition) is 0. The topological polar surface area (TPSA) is 60.4 Å². The monoisotopic (exact) mass is 360 g/mol. The molecule has 7 heteroatoms. The first-order chi connectivity index (χ1) is 12.6. The number of oxime groups is 1. The van der Waals surface area contributed by atoms with Crippen molar-refractivity contribution < 1.29 is 23.5 Å². The lowest BCUT2D eigenvalue weighted by Crippen LogP contribution is -2.33. The molecule has 138 valence electrons. The van der Waals surface area contributed by atoms with Crippen LogP contribution in [0.15, 0.2) is 53.7 Å². The van der Waals surface area contributed by atoms with Crippen molar-refractivity contribution in [1.29, 1.82) is 0 Å². The van der Waals surface area contributed by atoms with Crippen molar-refractivity contribution in [1.82, 2.24) is 0 Å². The largest absolute Gasteiger partial charge is 0.452 e. The molecule has 2 aromatic carbocycles. The van der Waals surface area contributed by atoms with Gasteiger partial charge in [-0.05, 0) is 30.7 Å². The summed E-state index contributed by atoms with van der Waals surface area (Å²) in [7, 11) is 2.80. The van der Waals surface area contributed by atoms with Gasteiger partial charge in [0.2, 0.25) is 0 Å². The summed E-state index contributed by atoms with van der Waals surface area (Å²) in [4.78, 5) is 18.8. The number of methoxy groups -OCH3 is 2. The second-order valence-electron chi connectivity index (χ2n) is 5.40. The molecule has 2 aromatic rings. The van der Waals surface area contributed by atoms with Gasteiger partial charge in [0.1, 0.15) is 19.2 Å². The van der Waals surface area contributed by atoms with Gasteiger partial charge in [0, 0.05) is 12.7 Å². The SMILES string of the molecule is COCN(C(=O)OC)c1ccccc1CON=C(C)c1ccc(F)cc1. The summed E-state index contributed by atoms with van der Waals surface area (Å²) in [6, 6.07) is 13.2. The van der Waals surface area contributed by atoms with E-state index in [1.165, 1.54) is 31.3 Å². The predicted molar refractivity (Wildman–Crippen MR) is 96.6 cm³/mol. The van der Waals surface area contributed by atoms with Gasteiger partial charge in [0.05, 0.1) is 18.5 Å². The smallest absolute Gasteiger partial charge is 0.415 e. The number of rotatable bonds is 7. The van der Waals surface area contributed by atoms with Gasteiger partial charge in [-0.1, -0.05) is 35.5 Å². The van der Waals surface area contributed by atoms with Crippen molar-refractivity contribution in [3.05, 3.63) is 65.5 Å². The van der Waals surface area contributed by atoms with E-state index >= 15 is 0 Å². The minimum Gasteiger partial charge on any atom is -0.452 e. The molecule has 0 saturated carbocycles. The molecule has 26 heavy (non-hydrogen) atoms. The Morgan fingerprint density at radius 3 is 2.46 bits per heavy atom. The van der Waals surface area contributed by atoms with Crippen molar-refractivity contribution in [3.8, 4) is 0 Å². The zero-order chi connectivity index (χ0) is 18.9.